The minimum Gasteiger partial charge on any atom is -0.365 e. The minimum absolute atomic E-state index is 0.177. The Balaban J connectivity index is 2.06. The highest BCUT2D eigenvalue weighted by Gasteiger charge is 2.26. The highest BCUT2D eigenvalue weighted by Crippen LogP contribution is 2.30. The Labute approximate surface area is 95.3 Å². The van der Waals surface area contributed by atoms with Crippen molar-refractivity contribution in [3.63, 3.8) is 0 Å². The molecule has 1 aliphatic carbocycles. The fourth-order valence-electron chi connectivity index (χ4n) is 2.17. The Morgan fingerprint density at radius 2 is 2.00 bits per heavy atom. The summed E-state index contributed by atoms with van der Waals surface area (Å²) in [5, 5.41) is 3.96. The van der Waals surface area contributed by atoms with Crippen molar-refractivity contribution < 1.29 is 0 Å². The summed E-state index contributed by atoms with van der Waals surface area (Å²) in [6.07, 6.45) is 7.84. The number of hydrogen-bond acceptors (Lipinski definition) is 3. The number of nitrogens with zero attached hydrogens (tertiary/aromatic N) is 2. The third kappa shape index (κ3) is 2.81. The molecule has 1 heterocycles. The standard InChI is InChI=1S/C11H16ClN3/c1-11(5-3-2-4-6-11)15-10-7-9(12)13-8-14-10/h7-8H,2-6H2,1H3,(H,13,14,15). The van der Waals surface area contributed by atoms with Crippen LogP contribution in [0.1, 0.15) is 39.0 Å². The van der Waals surface area contributed by atoms with Crippen molar-refractivity contribution in [3.8, 4) is 0 Å². The van der Waals surface area contributed by atoms with E-state index in [1.165, 1.54) is 38.4 Å². The predicted octanol–water partition coefficient (Wildman–Crippen LogP) is 3.26. The van der Waals surface area contributed by atoms with Crippen LogP contribution >= 0.6 is 11.6 Å². The predicted molar refractivity (Wildman–Crippen MR) is 62.2 cm³/mol. The fourth-order valence-corrected chi connectivity index (χ4v) is 2.32. The van der Waals surface area contributed by atoms with E-state index in [2.05, 4.69) is 22.2 Å². The normalized spacial score (nSPS) is 19.9. The monoisotopic (exact) mass is 225 g/mol. The van der Waals surface area contributed by atoms with Gasteiger partial charge >= 0.3 is 0 Å². The van der Waals surface area contributed by atoms with E-state index in [-0.39, 0.29) is 5.54 Å². The molecule has 1 aliphatic rings. The van der Waals surface area contributed by atoms with Gasteiger partial charge in [-0.25, -0.2) is 9.97 Å². The second-order valence-corrected chi connectivity index (χ2v) is 4.86. The summed E-state index contributed by atoms with van der Waals surface area (Å²) >= 11 is 5.82. The summed E-state index contributed by atoms with van der Waals surface area (Å²) in [6.45, 7) is 2.25. The first-order valence-electron chi connectivity index (χ1n) is 5.44. The summed E-state index contributed by atoms with van der Waals surface area (Å²) in [5.41, 5.74) is 0.177. The van der Waals surface area contributed by atoms with Crippen LogP contribution in [0.2, 0.25) is 5.15 Å². The molecule has 0 bridgehead atoms. The molecule has 0 aromatic carbocycles. The second-order valence-electron chi connectivity index (χ2n) is 4.47. The Morgan fingerprint density at radius 1 is 1.27 bits per heavy atom. The van der Waals surface area contributed by atoms with Gasteiger partial charge in [-0.15, -0.1) is 0 Å². The zero-order chi connectivity index (χ0) is 10.7. The van der Waals surface area contributed by atoms with Crippen molar-refractivity contribution in [2.45, 2.75) is 44.6 Å². The SMILES string of the molecule is CC1(Nc2cc(Cl)ncn2)CCCCC1. The minimum atomic E-state index is 0.177. The molecule has 15 heavy (non-hydrogen) atoms. The van der Waals surface area contributed by atoms with Gasteiger partial charge in [0.2, 0.25) is 0 Å². The lowest BCUT2D eigenvalue weighted by molar-refractivity contribution is 0.348. The summed E-state index contributed by atoms with van der Waals surface area (Å²) in [4.78, 5) is 8.04. The van der Waals surface area contributed by atoms with E-state index >= 15 is 0 Å². The molecule has 2 rings (SSSR count). The number of rotatable bonds is 2. The van der Waals surface area contributed by atoms with Gasteiger partial charge in [-0.1, -0.05) is 30.9 Å². The molecular weight excluding hydrogens is 210 g/mol. The van der Waals surface area contributed by atoms with E-state index in [4.69, 9.17) is 11.6 Å². The van der Waals surface area contributed by atoms with E-state index in [1.54, 1.807) is 6.07 Å². The van der Waals surface area contributed by atoms with Gasteiger partial charge in [-0.3, -0.25) is 0 Å². The first kappa shape index (κ1) is 10.7. The van der Waals surface area contributed by atoms with Crippen LogP contribution in [0.4, 0.5) is 5.82 Å². The van der Waals surface area contributed by atoms with Crippen LogP contribution < -0.4 is 5.32 Å². The van der Waals surface area contributed by atoms with Gasteiger partial charge in [-0.05, 0) is 19.8 Å². The van der Waals surface area contributed by atoms with Gasteiger partial charge in [0.25, 0.3) is 0 Å². The summed E-state index contributed by atoms with van der Waals surface area (Å²) in [6, 6.07) is 1.78. The molecule has 0 atom stereocenters. The quantitative estimate of drug-likeness (QED) is 0.786. The number of halogens is 1. The Bertz CT molecular complexity index is 334. The Morgan fingerprint density at radius 3 is 2.67 bits per heavy atom. The van der Waals surface area contributed by atoms with Crippen LogP contribution in [0.25, 0.3) is 0 Å². The molecule has 0 spiro atoms. The topological polar surface area (TPSA) is 37.8 Å². The number of anilines is 1. The van der Waals surface area contributed by atoms with E-state index < -0.39 is 0 Å². The first-order valence-corrected chi connectivity index (χ1v) is 5.82. The van der Waals surface area contributed by atoms with Crippen LogP contribution in [-0.2, 0) is 0 Å². The molecule has 1 saturated carbocycles. The number of aromatic nitrogens is 2. The molecule has 1 fully saturated rings. The fraction of sp³-hybridized carbons (Fsp3) is 0.636. The summed E-state index contributed by atoms with van der Waals surface area (Å²) in [5.74, 6) is 0.833. The third-order valence-corrected chi connectivity index (χ3v) is 3.23. The highest BCUT2D eigenvalue weighted by molar-refractivity contribution is 6.29. The van der Waals surface area contributed by atoms with Gasteiger partial charge in [0, 0.05) is 11.6 Å². The molecule has 4 heteroatoms. The van der Waals surface area contributed by atoms with Gasteiger partial charge in [0.15, 0.2) is 0 Å². The van der Waals surface area contributed by atoms with Crippen molar-refractivity contribution >= 4 is 17.4 Å². The molecule has 82 valence electrons. The maximum atomic E-state index is 5.82. The lowest BCUT2D eigenvalue weighted by Crippen LogP contribution is -2.37. The molecule has 0 saturated heterocycles. The molecule has 1 N–H and O–H groups in total. The van der Waals surface area contributed by atoms with E-state index in [9.17, 15) is 0 Å². The largest absolute Gasteiger partial charge is 0.365 e. The van der Waals surface area contributed by atoms with Crippen molar-refractivity contribution in [3.05, 3.63) is 17.5 Å². The lowest BCUT2D eigenvalue weighted by atomic mass is 9.83. The molecule has 0 radical (unpaired) electrons. The molecule has 0 amide bonds. The molecule has 3 nitrogen and oxygen atoms in total. The maximum absolute atomic E-state index is 5.82. The molecule has 0 aliphatic heterocycles. The van der Waals surface area contributed by atoms with E-state index in [1.807, 2.05) is 0 Å². The van der Waals surface area contributed by atoms with Crippen LogP contribution in [0.15, 0.2) is 12.4 Å². The lowest BCUT2D eigenvalue weighted by Gasteiger charge is -2.35. The molecule has 0 unspecified atom stereocenters. The Kier molecular flexibility index (Phi) is 3.10. The zero-order valence-electron chi connectivity index (χ0n) is 8.96. The smallest absolute Gasteiger partial charge is 0.134 e. The number of hydrogen-bond donors (Lipinski definition) is 1. The molecular formula is C11H16ClN3. The second kappa shape index (κ2) is 4.35. The van der Waals surface area contributed by atoms with Gasteiger partial charge in [-0.2, -0.15) is 0 Å². The van der Waals surface area contributed by atoms with Crippen molar-refractivity contribution in [1.29, 1.82) is 0 Å². The average Bonchev–Trinajstić information content (AvgIpc) is 2.18. The van der Waals surface area contributed by atoms with Crippen molar-refractivity contribution in [2.75, 3.05) is 5.32 Å². The average molecular weight is 226 g/mol. The van der Waals surface area contributed by atoms with Crippen molar-refractivity contribution in [1.82, 2.24) is 9.97 Å². The molecule has 1 aromatic rings. The number of nitrogens with one attached hydrogen (secondary N) is 1. The van der Waals surface area contributed by atoms with Gasteiger partial charge < -0.3 is 5.32 Å². The third-order valence-electron chi connectivity index (χ3n) is 3.02. The Hall–Kier alpha value is -0.830. The summed E-state index contributed by atoms with van der Waals surface area (Å²) in [7, 11) is 0. The van der Waals surface area contributed by atoms with E-state index in [0.717, 1.165) is 5.82 Å². The summed E-state index contributed by atoms with van der Waals surface area (Å²) < 4.78 is 0. The molecule has 1 aromatic heterocycles. The first-order chi connectivity index (χ1) is 7.18. The van der Waals surface area contributed by atoms with Crippen LogP contribution in [0.3, 0.4) is 0 Å². The zero-order valence-corrected chi connectivity index (χ0v) is 9.72. The van der Waals surface area contributed by atoms with Gasteiger partial charge in [0.05, 0.1) is 0 Å². The van der Waals surface area contributed by atoms with E-state index in [0.29, 0.717) is 5.15 Å². The maximum Gasteiger partial charge on any atom is 0.134 e. The van der Waals surface area contributed by atoms with Crippen LogP contribution in [-0.4, -0.2) is 15.5 Å². The van der Waals surface area contributed by atoms with Crippen LogP contribution in [0.5, 0.6) is 0 Å². The van der Waals surface area contributed by atoms with Crippen molar-refractivity contribution in [2.24, 2.45) is 0 Å². The van der Waals surface area contributed by atoms with Gasteiger partial charge in [0.1, 0.15) is 17.3 Å². The van der Waals surface area contributed by atoms with Crippen LogP contribution in [0, 0.1) is 0 Å². The highest BCUT2D eigenvalue weighted by atomic mass is 35.5.